The molecule has 1 unspecified atom stereocenters. The van der Waals surface area contributed by atoms with Gasteiger partial charge >= 0.3 is 0 Å². The van der Waals surface area contributed by atoms with Crippen molar-refractivity contribution in [2.45, 2.75) is 52.0 Å². The fourth-order valence-electron chi connectivity index (χ4n) is 3.78. The van der Waals surface area contributed by atoms with Crippen LogP contribution >= 0.6 is 0 Å². The third-order valence-electron chi connectivity index (χ3n) is 5.01. The monoisotopic (exact) mass is 238 g/mol. The quantitative estimate of drug-likeness (QED) is 0.810. The third kappa shape index (κ3) is 3.45. The molecule has 0 radical (unpaired) electrons. The van der Waals surface area contributed by atoms with E-state index < -0.39 is 0 Å². The topological polar surface area (TPSA) is 15.3 Å². The summed E-state index contributed by atoms with van der Waals surface area (Å²) in [7, 11) is 2.08. The fourth-order valence-corrected chi connectivity index (χ4v) is 3.78. The Morgan fingerprint density at radius 2 is 1.82 bits per heavy atom. The molecule has 17 heavy (non-hydrogen) atoms. The van der Waals surface area contributed by atoms with Gasteiger partial charge in [0.05, 0.1) is 0 Å². The minimum absolute atomic E-state index is 0.895. The Hall–Kier alpha value is -0.0800. The second-order valence-electron chi connectivity index (χ2n) is 6.52. The van der Waals surface area contributed by atoms with Crippen LogP contribution in [0.15, 0.2) is 0 Å². The molecule has 1 saturated carbocycles. The second kappa shape index (κ2) is 6.19. The highest BCUT2D eigenvalue weighted by Gasteiger charge is 2.31. The number of hydrogen-bond acceptors (Lipinski definition) is 2. The van der Waals surface area contributed by atoms with E-state index in [-0.39, 0.29) is 0 Å². The molecule has 2 rings (SSSR count). The van der Waals surface area contributed by atoms with Gasteiger partial charge in [-0.1, -0.05) is 13.8 Å². The molecule has 2 fully saturated rings. The number of nitrogens with one attached hydrogen (secondary N) is 1. The summed E-state index contributed by atoms with van der Waals surface area (Å²) in [4.78, 5) is 2.78. The van der Waals surface area contributed by atoms with Crippen LogP contribution in [-0.4, -0.2) is 37.6 Å². The van der Waals surface area contributed by atoms with Gasteiger partial charge in [-0.3, -0.25) is 0 Å². The van der Waals surface area contributed by atoms with E-state index in [4.69, 9.17) is 0 Å². The van der Waals surface area contributed by atoms with E-state index in [1.165, 1.54) is 51.7 Å². The number of nitrogens with zero attached hydrogens (tertiary/aromatic N) is 1. The number of likely N-dealkylation sites (tertiary alicyclic amines) is 1. The molecule has 0 amide bonds. The van der Waals surface area contributed by atoms with Crippen LogP contribution in [0.4, 0.5) is 0 Å². The van der Waals surface area contributed by atoms with Crippen LogP contribution < -0.4 is 5.32 Å². The van der Waals surface area contributed by atoms with Crippen LogP contribution in [0.3, 0.4) is 0 Å². The van der Waals surface area contributed by atoms with Gasteiger partial charge in [0.2, 0.25) is 0 Å². The minimum Gasteiger partial charge on any atom is -0.319 e. The molecule has 2 nitrogen and oxygen atoms in total. The highest BCUT2D eigenvalue weighted by molar-refractivity contribution is 4.86. The van der Waals surface area contributed by atoms with Crippen LogP contribution in [0, 0.1) is 17.8 Å². The van der Waals surface area contributed by atoms with E-state index in [1.807, 2.05) is 0 Å². The van der Waals surface area contributed by atoms with Crippen molar-refractivity contribution >= 4 is 0 Å². The molecular weight excluding hydrogens is 208 g/mol. The first-order chi connectivity index (χ1) is 8.20. The average Bonchev–Trinajstić information content (AvgIpc) is 2.78. The first kappa shape index (κ1) is 13.4. The molecule has 1 aliphatic carbocycles. The van der Waals surface area contributed by atoms with Gasteiger partial charge in [-0.2, -0.15) is 0 Å². The zero-order valence-electron chi connectivity index (χ0n) is 11.9. The summed E-state index contributed by atoms with van der Waals surface area (Å²) >= 11 is 0. The second-order valence-corrected chi connectivity index (χ2v) is 6.52. The predicted molar refractivity (Wildman–Crippen MR) is 74.2 cm³/mol. The van der Waals surface area contributed by atoms with Crippen molar-refractivity contribution in [2.75, 3.05) is 26.7 Å². The number of hydrogen-bond donors (Lipinski definition) is 1. The third-order valence-corrected chi connectivity index (χ3v) is 5.01. The van der Waals surface area contributed by atoms with Gasteiger partial charge in [0, 0.05) is 12.6 Å². The van der Waals surface area contributed by atoms with Gasteiger partial charge in [-0.05, 0) is 70.0 Å². The van der Waals surface area contributed by atoms with E-state index in [9.17, 15) is 0 Å². The predicted octanol–water partition coefficient (Wildman–Crippen LogP) is 2.74. The maximum Gasteiger partial charge on any atom is 0.00955 e. The lowest BCUT2D eigenvalue weighted by atomic mass is 9.79. The SMILES string of the molecule is CNCC1CCN(C2CCC(C(C)C)CC2)C1. The van der Waals surface area contributed by atoms with Crippen molar-refractivity contribution in [3.05, 3.63) is 0 Å². The standard InChI is InChI=1S/C15H30N2/c1-12(2)14-4-6-15(7-5-14)17-9-8-13(11-17)10-16-3/h12-16H,4-11H2,1-3H3. The lowest BCUT2D eigenvalue weighted by molar-refractivity contribution is 0.142. The van der Waals surface area contributed by atoms with Crippen LogP contribution in [0.25, 0.3) is 0 Å². The molecule has 0 bridgehead atoms. The van der Waals surface area contributed by atoms with E-state index in [2.05, 4.69) is 31.1 Å². The van der Waals surface area contributed by atoms with Gasteiger partial charge in [0.25, 0.3) is 0 Å². The summed E-state index contributed by atoms with van der Waals surface area (Å²) in [6, 6.07) is 0.909. The van der Waals surface area contributed by atoms with Gasteiger partial charge in [0.15, 0.2) is 0 Å². The molecule has 2 aliphatic rings. The van der Waals surface area contributed by atoms with Crippen LogP contribution in [-0.2, 0) is 0 Å². The molecule has 0 aromatic rings. The molecule has 1 atom stereocenters. The van der Waals surface area contributed by atoms with E-state index in [1.54, 1.807) is 0 Å². The normalized spacial score (nSPS) is 35.6. The average molecular weight is 238 g/mol. The van der Waals surface area contributed by atoms with Gasteiger partial charge in [0.1, 0.15) is 0 Å². The Kier molecular flexibility index (Phi) is 4.87. The van der Waals surface area contributed by atoms with Crippen LogP contribution in [0.5, 0.6) is 0 Å². The molecule has 100 valence electrons. The molecule has 0 aromatic carbocycles. The van der Waals surface area contributed by atoms with Crippen LogP contribution in [0.1, 0.15) is 46.0 Å². The van der Waals surface area contributed by atoms with Gasteiger partial charge in [-0.25, -0.2) is 0 Å². The van der Waals surface area contributed by atoms with E-state index >= 15 is 0 Å². The summed E-state index contributed by atoms with van der Waals surface area (Å²) < 4.78 is 0. The first-order valence-electron chi connectivity index (χ1n) is 7.59. The Labute approximate surface area is 107 Å². The Balaban J connectivity index is 1.74. The summed E-state index contributed by atoms with van der Waals surface area (Å²) in [6.07, 6.45) is 7.25. The highest BCUT2D eigenvalue weighted by atomic mass is 15.2. The summed E-state index contributed by atoms with van der Waals surface area (Å²) in [5.41, 5.74) is 0. The van der Waals surface area contributed by atoms with E-state index in [0.29, 0.717) is 0 Å². The first-order valence-corrected chi connectivity index (χ1v) is 7.59. The molecule has 1 saturated heterocycles. The highest BCUT2D eigenvalue weighted by Crippen LogP contribution is 2.34. The van der Waals surface area contributed by atoms with Crippen molar-refractivity contribution in [3.63, 3.8) is 0 Å². The van der Waals surface area contributed by atoms with E-state index in [0.717, 1.165) is 23.8 Å². The van der Waals surface area contributed by atoms with Crippen molar-refractivity contribution in [2.24, 2.45) is 17.8 Å². The zero-order chi connectivity index (χ0) is 12.3. The Bertz CT molecular complexity index is 219. The zero-order valence-corrected chi connectivity index (χ0v) is 11.9. The van der Waals surface area contributed by atoms with Crippen molar-refractivity contribution < 1.29 is 0 Å². The molecule has 0 spiro atoms. The van der Waals surface area contributed by atoms with Crippen LogP contribution in [0.2, 0.25) is 0 Å². The smallest absolute Gasteiger partial charge is 0.00955 e. The van der Waals surface area contributed by atoms with Crippen molar-refractivity contribution in [1.82, 2.24) is 10.2 Å². The maximum atomic E-state index is 3.33. The summed E-state index contributed by atoms with van der Waals surface area (Å²) in [5, 5.41) is 3.33. The molecule has 1 N–H and O–H groups in total. The van der Waals surface area contributed by atoms with Crippen molar-refractivity contribution in [3.8, 4) is 0 Å². The molecular formula is C15H30N2. The molecule has 2 heteroatoms. The van der Waals surface area contributed by atoms with Gasteiger partial charge < -0.3 is 10.2 Å². The lowest BCUT2D eigenvalue weighted by Gasteiger charge is -2.36. The van der Waals surface area contributed by atoms with Gasteiger partial charge in [-0.15, -0.1) is 0 Å². The fraction of sp³-hybridized carbons (Fsp3) is 1.00. The largest absolute Gasteiger partial charge is 0.319 e. The Morgan fingerprint density at radius 1 is 1.12 bits per heavy atom. The summed E-state index contributed by atoms with van der Waals surface area (Å²) in [6.45, 7) is 8.69. The molecule has 0 aromatic heterocycles. The minimum atomic E-state index is 0.895. The molecule has 1 heterocycles. The Morgan fingerprint density at radius 3 is 2.41 bits per heavy atom. The number of rotatable bonds is 4. The summed E-state index contributed by atoms with van der Waals surface area (Å²) in [5.74, 6) is 2.80. The lowest BCUT2D eigenvalue weighted by Crippen LogP contribution is -2.37. The van der Waals surface area contributed by atoms with Crippen molar-refractivity contribution in [1.29, 1.82) is 0 Å². The maximum absolute atomic E-state index is 3.33. The molecule has 1 aliphatic heterocycles.